The van der Waals surface area contributed by atoms with Crippen molar-refractivity contribution in [2.24, 2.45) is 0 Å². The minimum absolute atomic E-state index is 0.0235. The molecule has 6 nitrogen and oxygen atoms in total. The lowest BCUT2D eigenvalue weighted by Gasteiger charge is -2.12. The van der Waals surface area contributed by atoms with Crippen LogP contribution in [-0.4, -0.2) is 39.3 Å². The maximum Gasteiger partial charge on any atom is 0.185 e. The van der Waals surface area contributed by atoms with Crippen molar-refractivity contribution < 1.29 is 28.8 Å². The van der Waals surface area contributed by atoms with Crippen LogP contribution in [0.1, 0.15) is 15.9 Å². The molecule has 0 saturated heterocycles. The predicted octanol–water partition coefficient (Wildman–Crippen LogP) is 3.32. The van der Waals surface area contributed by atoms with E-state index in [9.17, 15) is 9.90 Å². The van der Waals surface area contributed by atoms with Gasteiger partial charge in [0.1, 0.15) is 5.75 Å². The Hall–Kier alpha value is -3.15. The van der Waals surface area contributed by atoms with Crippen LogP contribution in [0.3, 0.4) is 0 Å². The average molecular weight is 344 g/mol. The number of phenolic OH excluding ortho intramolecular Hbond substituents is 1. The van der Waals surface area contributed by atoms with Gasteiger partial charge in [-0.05, 0) is 36.4 Å². The van der Waals surface area contributed by atoms with Gasteiger partial charge in [0, 0.05) is 17.2 Å². The third-order valence-corrected chi connectivity index (χ3v) is 3.61. The molecule has 0 fully saturated rings. The van der Waals surface area contributed by atoms with Gasteiger partial charge in [0.2, 0.25) is 0 Å². The van der Waals surface area contributed by atoms with Crippen molar-refractivity contribution in [3.8, 4) is 28.7 Å². The van der Waals surface area contributed by atoms with Gasteiger partial charge in [0.15, 0.2) is 28.8 Å². The zero-order chi connectivity index (χ0) is 18.4. The molecule has 0 amide bonds. The fourth-order valence-electron chi connectivity index (χ4n) is 2.28. The first-order valence-electron chi connectivity index (χ1n) is 7.43. The van der Waals surface area contributed by atoms with E-state index in [-0.39, 0.29) is 17.3 Å². The topological polar surface area (TPSA) is 74.2 Å². The molecule has 2 aromatic carbocycles. The van der Waals surface area contributed by atoms with Crippen LogP contribution in [0, 0.1) is 0 Å². The van der Waals surface area contributed by atoms with Crippen molar-refractivity contribution in [1.82, 2.24) is 0 Å². The number of ether oxygens (including phenoxy) is 4. The van der Waals surface area contributed by atoms with Crippen molar-refractivity contribution in [1.29, 1.82) is 0 Å². The number of hydrogen-bond acceptors (Lipinski definition) is 6. The molecule has 0 saturated carbocycles. The van der Waals surface area contributed by atoms with Crippen molar-refractivity contribution in [2.75, 3.05) is 28.4 Å². The number of rotatable bonds is 7. The summed E-state index contributed by atoms with van der Waals surface area (Å²) >= 11 is 0. The van der Waals surface area contributed by atoms with E-state index < -0.39 is 0 Å². The van der Waals surface area contributed by atoms with Crippen LogP contribution in [0.2, 0.25) is 0 Å². The largest absolute Gasteiger partial charge is 0.504 e. The SMILES string of the molecule is COc1cc(C(=O)/C=C/c2cc(OC)c(OC)cc2OC)ccc1O. The molecule has 0 aromatic heterocycles. The molecular weight excluding hydrogens is 324 g/mol. The highest BCUT2D eigenvalue weighted by Gasteiger charge is 2.11. The van der Waals surface area contributed by atoms with E-state index in [1.165, 1.54) is 52.7 Å². The molecule has 1 N–H and O–H groups in total. The molecule has 0 aliphatic heterocycles. The molecule has 132 valence electrons. The number of methoxy groups -OCH3 is 4. The van der Waals surface area contributed by atoms with Gasteiger partial charge >= 0.3 is 0 Å². The maximum absolute atomic E-state index is 12.4. The van der Waals surface area contributed by atoms with Crippen LogP contribution in [0.25, 0.3) is 6.08 Å². The lowest BCUT2D eigenvalue weighted by molar-refractivity contribution is 0.104. The van der Waals surface area contributed by atoms with Crippen LogP contribution in [0.15, 0.2) is 36.4 Å². The highest BCUT2D eigenvalue weighted by molar-refractivity contribution is 6.07. The summed E-state index contributed by atoms with van der Waals surface area (Å²) in [4.78, 5) is 12.4. The fourth-order valence-corrected chi connectivity index (χ4v) is 2.28. The summed E-state index contributed by atoms with van der Waals surface area (Å²) in [5.74, 6) is 1.58. The first-order chi connectivity index (χ1) is 12.0. The number of aromatic hydroxyl groups is 1. The van der Waals surface area contributed by atoms with E-state index in [0.29, 0.717) is 28.4 Å². The predicted molar refractivity (Wildman–Crippen MR) is 94.1 cm³/mol. The first kappa shape index (κ1) is 18.2. The molecule has 0 bridgehead atoms. The van der Waals surface area contributed by atoms with Gasteiger partial charge in [-0.2, -0.15) is 0 Å². The summed E-state index contributed by atoms with van der Waals surface area (Å²) in [5, 5.41) is 9.60. The molecule has 0 aliphatic rings. The summed E-state index contributed by atoms with van der Waals surface area (Å²) in [6.45, 7) is 0. The second-order valence-corrected chi connectivity index (χ2v) is 5.03. The first-order valence-corrected chi connectivity index (χ1v) is 7.43. The molecule has 0 unspecified atom stereocenters. The second-order valence-electron chi connectivity index (χ2n) is 5.03. The molecular formula is C19H20O6. The van der Waals surface area contributed by atoms with Crippen molar-refractivity contribution in [3.63, 3.8) is 0 Å². The molecule has 0 aliphatic carbocycles. The van der Waals surface area contributed by atoms with E-state index in [0.717, 1.165) is 0 Å². The van der Waals surface area contributed by atoms with Crippen molar-refractivity contribution in [2.45, 2.75) is 0 Å². The highest BCUT2D eigenvalue weighted by Crippen LogP contribution is 2.35. The molecule has 0 radical (unpaired) electrons. The number of allylic oxidation sites excluding steroid dienone is 1. The summed E-state index contributed by atoms with van der Waals surface area (Å²) in [6.07, 6.45) is 3.04. The molecule has 2 aromatic rings. The Kier molecular flexibility index (Phi) is 5.89. The minimum atomic E-state index is -0.241. The third-order valence-electron chi connectivity index (χ3n) is 3.61. The van der Waals surface area contributed by atoms with Gasteiger partial charge in [0.25, 0.3) is 0 Å². The van der Waals surface area contributed by atoms with Gasteiger partial charge in [-0.1, -0.05) is 0 Å². The fraction of sp³-hybridized carbons (Fsp3) is 0.211. The molecule has 2 rings (SSSR count). The quantitative estimate of drug-likeness (QED) is 0.613. The summed E-state index contributed by atoms with van der Waals surface area (Å²) < 4.78 is 20.8. The maximum atomic E-state index is 12.4. The van der Waals surface area contributed by atoms with Crippen molar-refractivity contribution in [3.05, 3.63) is 47.5 Å². The average Bonchev–Trinajstić information content (AvgIpc) is 2.65. The van der Waals surface area contributed by atoms with E-state index in [4.69, 9.17) is 18.9 Å². The van der Waals surface area contributed by atoms with Gasteiger partial charge in [-0.15, -0.1) is 0 Å². The van der Waals surface area contributed by atoms with Crippen LogP contribution >= 0.6 is 0 Å². The normalized spacial score (nSPS) is 10.6. The van der Waals surface area contributed by atoms with Crippen LogP contribution in [-0.2, 0) is 0 Å². The number of phenols is 1. The third kappa shape index (κ3) is 4.03. The standard InChI is InChI=1S/C19H20O6/c1-22-16-11-19(25-4)18(24-3)10-13(16)6-7-14(20)12-5-8-15(21)17(9-12)23-2/h5-11,21H,1-4H3/b7-6+. The number of carbonyl (C=O) groups excluding carboxylic acids is 1. The summed E-state index contributed by atoms with van der Waals surface area (Å²) in [5.41, 5.74) is 1.06. The Labute approximate surface area is 146 Å². The van der Waals surface area contributed by atoms with E-state index in [1.54, 1.807) is 18.2 Å². The summed E-state index contributed by atoms with van der Waals surface area (Å²) in [6, 6.07) is 7.83. The molecule has 6 heteroatoms. The van der Waals surface area contributed by atoms with Crippen LogP contribution < -0.4 is 18.9 Å². The van der Waals surface area contributed by atoms with E-state index in [2.05, 4.69) is 0 Å². The van der Waals surface area contributed by atoms with E-state index >= 15 is 0 Å². The van der Waals surface area contributed by atoms with Crippen LogP contribution in [0.4, 0.5) is 0 Å². The van der Waals surface area contributed by atoms with E-state index in [1.807, 2.05) is 0 Å². The van der Waals surface area contributed by atoms with Crippen molar-refractivity contribution >= 4 is 11.9 Å². The number of benzene rings is 2. The number of carbonyl (C=O) groups is 1. The zero-order valence-electron chi connectivity index (χ0n) is 14.5. The minimum Gasteiger partial charge on any atom is -0.504 e. The summed E-state index contributed by atoms with van der Waals surface area (Å²) in [7, 11) is 6.03. The zero-order valence-corrected chi connectivity index (χ0v) is 14.5. The molecule has 0 atom stereocenters. The Morgan fingerprint density at radius 1 is 0.840 bits per heavy atom. The smallest absolute Gasteiger partial charge is 0.185 e. The molecule has 0 spiro atoms. The lowest BCUT2D eigenvalue weighted by Crippen LogP contribution is -1.97. The van der Waals surface area contributed by atoms with Gasteiger partial charge < -0.3 is 24.1 Å². The Bertz CT molecular complexity index is 795. The van der Waals surface area contributed by atoms with Crippen LogP contribution in [0.5, 0.6) is 28.7 Å². The molecule has 25 heavy (non-hydrogen) atoms. The van der Waals surface area contributed by atoms with Gasteiger partial charge in [0.05, 0.1) is 28.4 Å². The molecule has 0 heterocycles. The monoisotopic (exact) mass is 344 g/mol. The second kappa shape index (κ2) is 8.10. The Morgan fingerprint density at radius 3 is 2.04 bits per heavy atom. The number of hydrogen-bond donors (Lipinski definition) is 1. The lowest BCUT2D eigenvalue weighted by atomic mass is 10.1. The Morgan fingerprint density at radius 2 is 1.44 bits per heavy atom. The highest BCUT2D eigenvalue weighted by atomic mass is 16.5. The van der Waals surface area contributed by atoms with Gasteiger partial charge in [-0.25, -0.2) is 0 Å². The number of ketones is 1. The van der Waals surface area contributed by atoms with Gasteiger partial charge in [-0.3, -0.25) is 4.79 Å². The Balaban J connectivity index is 2.33.